The number of nitrogens with zero attached hydrogens (tertiary/aromatic N) is 1. The van der Waals surface area contributed by atoms with Crippen LogP contribution in [0.25, 0.3) is 0 Å². The largest absolute Gasteiger partial charge is 0.489 e. The molecule has 1 aliphatic carbocycles. The van der Waals surface area contributed by atoms with Crippen LogP contribution in [0.1, 0.15) is 36.0 Å². The number of ether oxygens (including phenoxy) is 1. The van der Waals surface area contributed by atoms with Crippen molar-refractivity contribution < 1.29 is 19.4 Å². The summed E-state index contributed by atoms with van der Waals surface area (Å²) in [4.78, 5) is 25.2. The van der Waals surface area contributed by atoms with Gasteiger partial charge in [-0.1, -0.05) is 18.9 Å². The summed E-state index contributed by atoms with van der Waals surface area (Å²) in [6.45, 7) is 0.726. The molecule has 0 saturated heterocycles. The third kappa shape index (κ3) is 2.66. The minimum absolute atomic E-state index is 0.0888. The van der Waals surface area contributed by atoms with E-state index in [-0.39, 0.29) is 23.4 Å². The molecule has 0 unspecified atom stereocenters. The number of rotatable bonds is 2. The number of aromatic carboxylic acids is 1. The van der Waals surface area contributed by atoms with Gasteiger partial charge in [-0.05, 0) is 25.0 Å². The highest BCUT2D eigenvalue weighted by atomic mass is 16.5. The van der Waals surface area contributed by atoms with Crippen molar-refractivity contribution in [2.75, 3.05) is 18.1 Å². The molecule has 1 aromatic rings. The van der Waals surface area contributed by atoms with Gasteiger partial charge in [0.2, 0.25) is 0 Å². The fraction of sp³-hybridized carbons (Fsp3) is 0.467. The lowest BCUT2D eigenvalue weighted by molar-refractivity contribution is 0.0692. The number of carboxylic acids is 1. The Bertz CT molecular complexity index is 567. The fourth-order valence-electron chi connectivity index (χ4n) is 2.95. The highest BCUT2D eigenvalue weighted by Gasteiger charge is 2.29. The van der Waals surface area contributed by atoms with E-state index in [4.69, 9.17) is 4.74 Å². The number of fused-ring (bicyclic) bond motifs is 1. The van der Waals surface area contributed by atoms with Gasteiger partial charge in [0.05, 0.1) is 12.2 Å². The van der Waals surface area contributed by atoms with E-state index in [1.807, 2.05) is 0 Å². The molecule has 6 nitrogen and oxygen atoms in total. The first-order valence-electron chi connectivity index (χ1n) is 7.24. The SMILES string of the molecule is O=C(O)c1cccc2c1OCCN2C(=O)NC1CCCC1. The molecule has 0 bridgehead atoms. The molecular formula is C15H18N2O4. The maximum atomic E-state index is 12.4. The summed E-state index contributed by atoms with van der Waals surface area (Å²) >= 11 is 0. The van der Waals surface area contributed by atoms with Crippen molar-refractivity contribution in [1.29, 1.82) is 0 Å². The molecule has 1 aliphatic heterocycles. The van der Waals surface area contributed by atoms with E-state index in [1.165, 1.54) is 6.07 Å². The predicted octanol–water partition coefficient (Wildman–Crippen LogP) is 2.24. The Morgan fingerprint density at radius 2 is 2.05 bits per heavy atom. The quantitative estimate of drug-likeness (QED) is 0.875. The zero-order valence-electron chi connectivity index (χ0n) is 11.7. The molecule has 0 atom stereocenters. The number of carbonyl (C=O) groups is 2. The number of carboxylic acid groups (broad SMARTS) is 1. The summed E-state index contributed by atoms with van der Waals surface area (Å²) in [5, 5.41) is 12.2. The van der Waals surface area contributed by atoms with Gasteiger partial charge in [0, 0.05) is 6.04 Å². The number of hydrogen-bond acceptors (Lipinski definition) is 3. The maximum Gasteiger partial charge on any atom is 0.339 e. The van der Waals surface area contributed by atoms with Crippen LogP contribution in [0.15, 0.2) is 18.2 Å². The Balaban J connectivity index is 1.84. The third-order valence-corrected chi connectivity index (χ3v) is 4.00. The molecule has 6 heteroatoms. The second-order valence-electron chi connectivity index (χ2n) is 5.39. The van der Waals surface area contributed by atoms with Gasteiger partial charge < -0.3 is 15.2 Å². The van der Waals surface area contributed by atoms with E-state index in [2.05, 4.69) is 5.32 Å². The number of para-hydroxylation sites is 1. The second kappa shape index (κ2) is 5.63. The van der Waals surface area contributed by atoms with E-state index in [0.717, 1.165) is 25.7 Å². The van der Waals surface area contributed by atoms with Crippen molar-refractivity contribution in [2.24, 2.45) is 0 Å². The summed E-state index contributed by atoms with van der Waals surface area (Å²) in [6, 6.07) is 4.89. The summed E-state index contributed by atoms with van der Waals surface area (Å²) in [7, 11) is 0. The van der Waals surface area contributed by atoms with Crippen LogP contribution in [0.5, 0.6) is 5.75 Å². The van der Waals surface area contributed by atoms with Crippen molar-refractivity contribution in [3.05, 3.63) is 23.8 Å². The Hall–Kier alpha value is -2.24. The Kier molecular flexibility index (Phi) is 3.68. The highest BCUT2D eigenvalue weighted by Crippen LogP contribution is 2.35. The van der Waals surface area contributed by atoms with Crippen LogP contribution < -0.4 is 15.0 Å². The molecule has 0 aromatic heterocycles. The number of nitrogens with one attached hydrogen (secondary N) is 1. The molecule has 1 saturated carbocycles. The van der Waals surface area contributed by atoms with Crippen LogP contribution in [0.2, 0.25) is 0 Å². The average molecular weight is 290 g/mol. The lowest BCUT2D eigenvalue weighted by Crippen LogP contribution is -2.47. The summed E-state index contributed by atoms with van der Waals surface area (Å²) in [6.07, 6.45) is 4.32. The van der Waals surface area contributed by atoms with Crippen LogP contribution in [0.3, 0.4) is 0 Å². The first-order valence-corrected chi connectivity index (χ1v) is 7.24. The van der Waals surface area contributed by atoms with E-state index >= 15 is 0 Å². The molecular weight excluding hydrogens is 272 g/mol. The molecule has 2 N–H and O–H groups in total. The molecule has 112 valence electrons. The smallest absolute Gasteiger partial charge is 0.339 e. The van der Waals surface area contributed by atoms with Crippen LogP contribution >= 0.6 is 0 Å². The molecule has 2 aliphatic rings. The number of anilines is 1. The van der Waals surface area contributed by atoms with Crippen molar-refractivity contribution in [3.8, 4) is 5.75 Å². The molecule has 1 fully saturated rings. The van der Waals surface area contributed by atoms with Crippen molar-refractivity contribution in [3.63, 3.8) is 0 Å². The number of benzene rings is 1. The lowest BCUT2D eigenvalue weighted by Gasteiger charge is -2.31. The van der Waals surface area contributed by atoms with Gasteiger partial charge in [-0.15, -0.1) is 0 Å². The minimum Gasteiger partial charge on any atom is -0.489 e. The molecule has 1 heterocycles. The lowest BCUT2D eigenvalue weighted by atomic mass is 10.1. The van der Waals surface area contributed by atoms with Gasteiger partial charge >= 0.3 is 12.0 Å². The van der Waals surface area contributed by atoms with Gasteiger partial charge in [-0.2, -0.15) is 0 Å². The molecule has 2 amide bonds. The zero-order valence-corrected chi connectivity index (χ0v) is 11.7. The minimum atomic E-state index is -1.05. The third-order valence-electron chi connectivity index (χ3n) is 4.00. The highest BCUT2D eigenvalue weighted by molar-refractivity contribution is 5.99. The predicted molar refractivity (Wildman–Crippen MR) is 77.0 cm³/mol. The molecule has 0 spiro atoms. The maximum absolute atomic E-state index is 12.4. The summed E-state index contributed by atoms with van der Waals surface area (Å²) in [5.41, 5.74) is 0.613. The molecule has 0 radical (unpaired) electrons. The van der Waals surface area contributed by atoms with Gasteiger partial charge in [0.1, 0.15) is 12.2 Å². The normalized spacial score (nSPS) is 18.0. The van der Waals surface area contributed by atoms with Crippen molar-refractivity contribution in [2.45, 2.75) is 31.7 Å². The van der Waals surface area contributed by atoms with Crippen LogP contribution in [-0.4, -0.2) is 36.3 Å². The average Bonchev–Trinajstić information content (AvgIpc) is 2.98. The number of hydrogen-bond donors (Lipinski definition) is 2. The van der Waals surface area contributed by atoms with Crippen LogP contribution in [-0.2, 0) is 0 Å². The van der Waals surface area contributed by atoms with Crippen LogP contribution in [0, 0.1) is 0 Å². The molecule has 3 rings (SSSR count). The summed E-state index contributed by atoms with van der Waals surface area (Å²) in [5.74, 6) is -0.775. The van der Waals surface area contributed by atoms with E-state index in [9.17, 15) is 14.7 Å². The van der Waals surface area contributed by atoms with Gasteiger partial charge in [0.15, 0.2) is 5.75 Å². The molecule has 1 aromatic carbocycles. The van der Waals surface area contributed by atoms with Crippen molar-refractivity contribution in [1.82, 2.24) is 5.32 Å². The monoisotopic (exact) mass is 290 g/mol. The van der Waals surface area contributed by atoms with E-state index < -0.39 is 5.97 Å². The zero-order chi connectivity index (χ0) is 14.8. The molecule has 21 heavy (non-hydrogen) atoms. The van der Waals surface area contributed by atoms with Gasteiger partial charge in [0.25, 0.3) is 0 Å². The Morgan fingerprint density at radius 3 is 2.76 bits per heavy atom. The topological polar surface area (TPSA) is 78.9 Å². The fourth-order valence-corrected chi connectivity index (χ4v) is 2.95. The number of urea groups is 1. The number of amides is 2. The first kappa shape index (κ1) is 13.7. The van der Waals surface area contributed by atoms with Crippen LogP contribution in [0.4, 0.5) is 10.5 Å². The Labute approximate surface area is 122 Å². The van der Waals surface area contributed by atoms with E-state index in [1.54, 1.807) is 17.0 Å². The Morgan fingerprint density at radius 1 is 1.29 bits per heavy atom. The van der Waals surface area contributed by atoms with Gasteiger partial charge in [-0.25, -0.2) is 9.59 Å². The van der Waals surface area contributed by atoms with E-state index in [0.29, 0.717) is 18.8 Å². The second-order valence-corrected chi connectivity index (χ2v) is 5.39. The summed E-state index contributed by atoms with van der Waals surface area (Å²) < 4.78 is 5.46. The first-order chi connectivity index (χ1) is 10.2. The number of carbonyl (C=O) groups excluding carboxylic acids is 1. The standard InChI is InChI=1S/C15H18N2O4/c18-14(19)11-6-3-7-12-13(11)21-9-8-17(12)15(20)16-10-4-1-2-5-10/h3,6-7,10H,1-2,4-5,8-9H2,(H,16,20)(H,18,19). The van der Waals surface area contributed by atoms with Crippen molar-refractivity contribution >= 4 is 17.7 Å². The van der Waals surface area contributed by atoms with Gasteiger partial charge in [-0.3, -0.25) is 4.90 Å².